The van der Waals surface area contributed by atoms with Gasteiger partial charge >= 0.3 is 0 Å². The zero-order valence-corrected chi connectivity index (χ0v) is 10.00. The maximum atomic E-state index is 11.2. The molecular formula is C9H19ClO2S. The molecule has 80 valence electrons. The normalized spacial score (nSPS) is 14.4. The fourth-order valence-corrected chi connectivity index (χ4v) is 2.79. The second-order valence-corrected chi connectivity index (χ2v) is 6.48. The lowest BCUT2D eigenvalue weighted by atomic mass is 10.2. The molecule has 0 N–H and O–H groups in total. The maximum absolute atomic E-state index is 11.2. The van der Waals surface area contributed by atoms with Crippen LogP contribution in [0.1, 0.15) is 39.5 Å². The smallest absolute Gasteiger partial charge is 0.150 e. The summed E-state index contributed by atoms with van der Waals surface area (Å²) in [6.07, 6.45) is 3.28. The lowest BCUT2D eigenvalue weighted by Crippen LogP contribution is -2.10. The summed E-state index contributed by atoms with van der Waals surface area (Å²) in [5, 5.41) is 0.161. The Bertz CT molecular complexity index is 210. The van der Waals surface area contributed by atoms with Gasteiger partial charge in [-0.25, -0.2) is 8.42 Å². The summed E-state index contributed by atoms with van der Waals surface area (Å²) in [6.45, 7) is 3.82. The molecule has 0 aromatic rings. The highest BCUT2D eigenvalue weighted by Gasteiger charge is 2.08. The third-order valence-electron chi connectivity index (χ3n) is 1.82. The lowest BCUT2D eigenvalue weighted by molar-refractivity contribution is 0.588. The van der Waals surface area contributed by atoms with Gasteiger partial charge in [0.15, 0.2) is 0 Å². The molecule has 0 spiro atoms. The standard InChI is InChI=1S/C9H19ClO2S/c1-3-7-13(11,12)8-5-4-6-9(2)10/h9H,3-8H2,1-2H3. The van der Waals surface area contributed by atoms with Gasteiger partial charge in [0.2, 0.25) is 0 Å². The van der Waals surface area contributed by atoms with E-state index in [4.69, 9.17) is 11.6 Å². The molecule has 0 heterocycles. The fraction of sp³-hybridized carbons (Fsp3) is 1.00. The predicted molar refractivity (Wildman–Crippen MR) is 58.1 cm³/mol. The Morgan fingerprint density at radius 2 is 1.85 bits per heavy atom. The molecule has 0 radical (unpaired) electrons. The van der Waals surface area contributed by atoms with Crippen molar-refractivity contribution < 1.29 is 8.42 Å². The highest BCUT2D eigenvalue weighted by molar-refractivity contribution is 7.91. The van der Waals surface area contributed by atoms with Crippen molar-refractivity contribution >= 4 is 21.4 Å². The van der Waals surface area contributed by atoms with Crippen LogP contribution in [0.3, 0.4) is 0 Å². The number of hydrogen-bond donors (Lipinski definition) is 0. The number of hydrogen-bond acceptors (Lipinski definition) is 2. The molecule has 13 heavy (non-hydrogen) atoms. The minimum Gasteiger partial charge on any atom is -0.229 e. The first-order valence-corrected chi connectivity index (χ1v) is 7.08. The van der Waals surface area contributed by atoms with Gasteiger partial charge in [0.1, 0.15) is 9.84 Å². The summed E-state index contributed by atoms with van der Waals surface area (Å²) in [7, 11) is -2.77. The Balaban J connectivity index is 3.53. The average molecular weight is 227 g/mol. The van der Waals surface area contributed by atoms with Crippen LogP contribution in [-0.4, -0.2) is 25.3 Å². The summed E-state index contributed by atoms with van der Waals surface area (Å²) in [5.74, 6) is 0.647. The molecule has 0 saturated heterocycles. The number of sulfone groups is 1. The molecule has 0 fully saturated rings. The molecule has 0 aromatic heterocycles. The first-order valence-electron chi connectivity index (χ1n) is 4.82. The number of alkyl halides is 1. The van der Waals surface area contributed by atoms with Crippen molar-refractivity contribution in [2.45, 2.75) is 44.9 Å². The second kappa shape index (κ2) is 6.66. The zero-order valence-electron chi connectivity index (χ0n) is 8.42. The maximum Gasteiger partial charge on any atom is 0.150 e. The summed E-state index contributed by atoms with van der Waals surface area (Å²) >= 11 is 5.74. The van der Waals surface area contributed by atoms with E-state index in [0.717, 1.165) is 19.3 Å². The van der Waals surface area contributed by atoms with E-state index in [9.17, 15) is 8.42 Å². The number of halogens is 1. The minimum absolute atomic E-state index is 0.161. The van der Waals surface area contributed by atoms with E-state index >= 15 is 0 Å². The molecule has 0 aromatic carbocycles. The third kappa shape index (κ3) is 8.57. The molecule has 4 heteroatoms. The molecule has 2 nitrogen and oxygen atoms in total. The summed E-state index contributed by atoms with van der Waals surface area (Å²) in [5.41, 5.74) is 0. The van der Waals surface area contributed by atoms with Crippen molar-refractivity contribution in [1.82, 2.24) is 0 Å². The molecule has 0 aliphatic rings. The van der Waals surface area contributed by atoms with Gasteiger partial charge in [-0.15, -0.1) is 11.6 Å². The molecule has 1 atom stereocenters. The molecular weight excluding hydrogens is 208 g/mol. The van der Waals surface area contributed by atoms with Gasteiger partial charge in [0, 0.05) is 11.1 Å². The number of rotatable bonds is 7. The van der Waals surface area contributed by atoms with Gasteiger partial charge in [-0.2, -0.15) is 0 Å². The second-order valence-electron chi connectivity index (χ2n) is 3.43. The Morgan fingerprint density at radius 1 is 1.23 bits per heavy atom. The zero-order chi connectivity index (χ0) is 10.3. The minimum atomic E-state index is -2.77. The highest BCUT2D eigenvalue weighted by Crippen LogP contribution is 2.08. The third-order valence-corrected chi connectivity index (χ3v) is 3.98. The van der Waals surface area contributed by atoms with Crippen molar-refractivity contribution in [2.24, 2.45) is 0 Å². The van der Waals surface area contributed by atoms with Gasteiger partial charge < -0.3 is 0 Å². The van der Waals surface area contributed by atoms with Crippen molar-refractivity contribution in [3.05, 3.63) is 0 Å². The monoisotopic (exact) mass is 226 g/mol. The molecule has 0 aliphatic carbocycles. The summed E-state index contributed by atoms with van der Waals surface area (Å²) in [6, 6.07) is 0. The van der Waals surface area contributed by atoms with E-state index in [1.807, 2.05) is 13.8 Å². The van der Waals surface area contributed by atoms with Crippen LogP contribution < -0.4 is 0 Å². The van der Waals surface area contributed by atoms with E-state index in [0.29, 0.717) is 17.9 Å². The van der Waals surface area contributed by atoms with Crippen molar-refractivity contribution in [2.75, 3.05) is 11.5 Å². The topological polar surface area (TPSA) is 34.1 Å². The van der Waals surface area contributed by atoms with Crippen LogP contribution in [0.2, 0.25) is 0 Å². The predicted octanol–water partition coefficient (Wildman–Crippen LogP) is 2.61. The van der Waals surface area contributed by atoms with Crippen molar-refractivity contribution in [1.29, 1.82) is 0 Å². The number of unbranched alkanes of at least 4 members (excludes halogenated alkanes) is 1. The summed E-state index contributed by atoms with van der Waals surface area (Å²) < 4.78 is 22.5. The average Bonchev–Trinajstić information content (AvgIpc) is 1.98. The van der Waals surface area contributed by atoms with Crippen LogP contribution in [-0.2, 0) is 9.84 Å². The van der Waals surface area contributed by atoms with Crippen LogP contribution in [0.15, 0.2) is 0 Å². The van der Waals surface area contributed by atoms with Crippen molar-refractivity contribution in [3.8, 4) is 0 Å². The van der Waals surface area contributed by atoms with Crippen molar-refractivity contribution in [3.63, 3.8) is 0 Å². The SMILES string of the molecule is CCCS(=O)(=O)CCCCC(C)Cl. The van der Waals surface area contributed by atoms with Gasteiger partial charge in [-0.1, -0.05) is 13.3 Å². The summed E-state index contributed by atoms with van der Waals surface area (Å²) in [4.78, 5) is 0. The van der Waals surface area contributed by atoms with E-state index in [2.05, 4.69) is 0 Å². The van der Waals surface area contributed by atoms with E-state index in [1.165, 1.54) is 0 Å². The van der Waals surface area contributed by atoms with Gasteiger partial charge in [0.25, 0.3) is 0 Å². The van der Waals surface area contributed by atoms with Gasteiger partial charge in [-0.05, 0) is 26.2 Å². The van der Waals surface area contributed by atoms with Gasteiger partial charge in [0.05, 0.1) is 5.75 Å². The Morgan fingerprint density at radius 3 is 2.31 bits per heavy atom. The first kappa shape index (κ1) is 13.2. The van der Waals surface area contributed by atoms with E-state index in [1.54, 1.807) is 0 Å². The molecule has 0 saturated carbocycles. The molecule has 1 unspecified atom stereocenters. The van der Waals surface area contributed by atoms with Gasteiger partial charge in [-0.3, -0.25) is 0 Å². The Kier molecular flexibility index (Phi) is 6.78. The van der Waals surface area contributed by atoms with Crippen LogP contribution in [0.25, 0.3) is 0 Å². The van der Waals surface area contributed by atoms with E-state index in [-0.39, 0.29) is 5.38 Å². The van der Waals surface area contributed by atoms with Crippen LogP contribution in [0.4, 0.5) is 0 Å². The lowest BCUT2D eigenvalue weighted by Gasteiger charge is -2.03. The quantitative estimate of drug-likeness (QED) is 0.494. The Labute approximate surface area is 86.6 Å². The van der Waals surface area contributed by atoms with Crippen LogP contribution >= 0.6 is 11.6 Å². The van der Waals surface area contributed by atoms with Crippen LogP contribution in [0, 0.1) is 0 Å². The largest absolute Gasteiger partial charge is 0.229 e. The van der Waals surface area contributed by atoms with E-state index < -0.39 is 9.84 Å². The molecule has 0 aliphatic heterocycles. The fourth-order valence-electron chi connectivity index (χ4n) is 1.16. The Hall–Kier alpha value is 0.240. The first-order chi connectivity index (χ1) is 5.98. The molecule has 0 amide bonds. The molecule has 0 rings (SSSR count). The highest BCUT2D eigenvalue weighted by atomic mass is 35.5. The molecule has 0 bridgehead atoms. The van der Waals surface area contributed by atoms with Crippen LogP contribution in [0.5, 0.6) is 0 Å².